The average molecular weight is 713 g/mol. The van der Waals surface area contributed by atoms with Crippen molar-refractivity contribution in [2.45, 2.75) is 106 Å². The van der Waals surface area contributed by atoms with Gasteiger partial charge in [-0.05, 0) is 77.8 Å². The SMILES string of the molecule is CC(C)(C)OC(=O)N1C[C@](C)(O)C[C@@H]1C(=O)N(c1ccc(S(F)(F)(F)(F)F)cc1)C(C)(C(=O)NC1CCC(F)(F)CC1)c1cccnc1. The summed E-state index contributed by atoms with van der Waals surface area (Å²) in [6.07, 6.45) is -0.144. The number of nitrogens with one attached hydrogen (secondary N) is 1. The van der Waals surface area contributed by atoms with Crippen molar-refractivity contribution in [3.8, 4) is 0 Å². The zero-order valence-electron chi connectivity index (χ0n) is 27.0. The van der Waals surface area contributed by atoms with Crippen LogP contribution in [0.5, 0.6) is 0 Å². The van der Waals surface area contributed by atoms with E-state index in [9.17, 15) is 47.7 Å². The first-order valence-corrected chi connectivity index (χ1v) is 17.1. The first-order valence-electron chi connectivity index (χ1n) is 15.1. The number of ether oxygens (including phenoxy) is 1. The number of rotatable bonds is 7. The summed E-state index contributed by atoms with van der Waals surface area (Å²) in [6, 6.07) is 1.83. The van der Waals surface area contributed by atoms with E-state index in [-0.39, 0.29) is 30.5 Å². The highest BCUT2D eigenvalue weighted by Gasteiger charge is 2.65. The molecular weight excluding hydrogens is 673 g/mol. The Morgan fingerprint density at radius 1 is 1.02 bits per heavy atom. The second-order valence-electron chi connectivity index (χ2n) is 13.9. The van der Waals surface area contributed by atoms with E-state index in [0.717, 1.165) is 9.80 Å². The van der Waals surface area contributed by atoms with Gasteiger partial charge in [0, 0.05) is 48.9 Å². The molecule has 2 fully saturated rings. The number of nitrogens with zero attached hydrogens (tertiary/aromatic N) is 3. The van der Waals surface area contributed by atoms with Crippen molar-refractivity contribution in [1.82, 2.24) is 15.2 Å². The van der Waals surface area contributed by atoms with Gasteiger partial charge >= 0.3 is 16.3 Å². The Morgan fingerprint density at radius 3 is 2.10 bits per heavy atom. The average Bonchev–Trinajstić information content (AvgIpc) is 3.28. The summed E-state index contributed by atoms with van der Waals surface area (Å²) in [6.45, 7) is 6.87. The molecule has 9 nitrogen and oxygen atoms in total. The third kappa shape index (κ3) is 8.33. The fourth-order valence-electron chi connectivity index (χ4n) is 5.93. The van der Waals surface area contributed by atoms with Crippen molar-refractivity contribution in [2.75, 3.05) is 11.4 Å². The molecule has 2 heterocycles. The molecule has 1 aromatic carbocycles. The van der Waals surface area contributed by atoms with E-state index in [1.807, 2.05) is 0 Å². The predicted molar refractivity (Wildman–Crippen MR) is 164 cm³/mol. The molecule has 2 N–H and O–H groups in total. The van der Waals surface area contributed by atoms with Gasteiger partial charge in [-0.3, -0.25) is 24.4 Å². The molecule has 3 atom stereocenters. The number of aliphatic hydroxyl groups is 1. The van der Waals surface area contributed by atoms with E-state index >= 15 is 0 Å². The molecule has 1 saturated carbocycles. The third-order valence-electron chi connectivity index (χ3n) is 8.36. The minimum absolute atomic E-state index is 0.0161. The van der Waals surface area contributed by atoms with Crippen LogP contribution in [0.25, 0.3) is 0 Å². The second-order valence-corrected chi connectivity index (χ2v) is 16.3. The van der Waals surface area contributed by atoms with Crippen molar-refractivity contribution in [3.63, 3.8) is 0 Å². The summed E-state index contributed by atoms with van der Waals surface area (Å²) >= 11 is 0. The van der Waals surface area contributed by atoms with Crippen LogP contribution in [-0.2, 0) is 19.9 Å². The van der Waals surface area contributed by atoms with Gasteiger partial charge in [0.2, 0.25) is 5.92 Å². The molecule has 1 aromatic heterocycles. The number of hydrogen-bond donors (Lipinski definition) is 2. The number of aromatic nitrogens is 1. The largest absolute Gasteiger partial charge is 0.444 e. The number of halogens is 7. The van der Waals surface area contributed by atoms with Crippen LogP contribution < -0.4 is 10.2 Å². The maximum atomic E-state index is 14.7. The van der Waals surface area contributed by atoms with Crippen LogP contribution in [0.1, 0.15) is 72.3 Å². The van der Waals surface area contributed by atoms with Crippen LogP contribution in [0.4, 0.5) is 38.7 Å². The number of amides is 3. The lowest BCUT2D eigenvalue weighted by Gasteiger charge is -2.44. The first-order chi connectivity index (χ1) is 21.6. The maximum absolute atomic E-state index is 14.7. The van der Waals surface area contributed by atoms with Crippen molar-refractivity contribution < 1.29 is 52.4 Å². The number of carbonyl (C=O) groups excluding carboxylic acids is 3. The van der Waals surface area contributed by atoms with E-state index in [2.05, 4.69) is 10.3 Å². The van der Waals surface area contributed by atoms with E-state index in [1.165, 1.54) is 38.4 Å². The Bertz CT molecular complexity index is 1540. The Kier molecular flexibility index (Phi) is 8.91. The Morgan fingerprint density at radius 2 is 1.60 bits per heavy atom. The molecule has 0 spiro atoms. The number of β-amino-alcohol motifs (C(OH)–C–C–N with tert-alkyl or cyclic N) is 1. The standard InChI is InChI=1S/C31H39F7N4O5S/c1-28(2,3)47-27(45)41-19-29(4,46)17-24(41)25(43)42(22-8-10-23(11-9-22)48(34,35,36,37)38)30(5,20-7-6-16-39-18-20)26(44)40-21-12-14-31(32,33)15-13-21/h6-11,16,18,21,24,46H,12-15,17,19H2,1-5H3,(H,40,44)/t24-,29-,30?/m1/s1. The van der Waals surface area contributed by atoms with Gasteiger partial charge in [-0.15, -0.1) is 0 Å². The lowest BCUT2D eigenvalue weighted by atomic mass is 9.86. The van der Waals surface area contributed by atoms with Gasteiger partial charge in [0.1, 0.15) is 16.5 Å². The zero-order valence-corrected chi connectivity index (χ0v) is 27.8. The van der Waals surface area contributed by atoms with E-state index in [4.69, 9.17) is 4.74 Å². The summed E-state index contributed by atoms with van der Waals surface area (Å²) in [7, 11) is -10.2. The first kappa shape index (κ1) is 37.2. The van der Waals surface area contributed by atoms with Gasteiger partial charge in [0.15, 0.2) is 5.54 Å². The number of carbonyl (C=O) groups is 3. The maximum Gasteiger partial charge on any atom is 0.411 e. The predicted octanol–water partition coefficient (Wildman–Crippen LogP) is 7.44. The summed E-state index contributed by atoms with van der Waals surface area (Å²) in [5.41, 5.74) is -5.34. The van der Waals surface area contributed by atoms with Gasteiger partial charge < -0.3 is 15.2 Å². The molecule has 3 amide bonds. The highest BCUT2D eigenvalue weighted by atomic mass is 32.5. The van der Waals surface area contributed by atoms with Crippen molar-refractivity contribution >= 4 is 33.8 Å². The minimum Gasteiger partial charge on any atom is -0.444 e. The summed E-state index contributed by atoms with van der Waals surface area (Å²) < 4.78 is 102. The molecule has 17 heteroatoms. The molecule has 1 saturated heterocycles. The molecule has 2 aromatic rings. The third-order valence-corrected chi connectivity index (χ3v) is 9.52. The number of hydrogen-bond acceptors (Lipinski definition) is 6. The Labute approximate surface area is 273 Å². The number of alkyl halides is 2. The number of anilines is 1. The highest BCUT2D eigenvalue weighted by Crippen LogP contribution is 3.02. The van der Waals surface area contributed by atoms with E-state index in [0.29, 0.717) is 12.1 Å². The highest BCUT2D eigenvalue weighted by molar-refractivity contribution is 8.45. The molecular formula is C31H39F7N4O5S. The van der Waals surface area contributed by atoms with Gasteiger partial charge in [-0.1, -0.05) is 25.5 Å². The fraction of sp³-hybridized carbons (Fsp3) is 0.548. The molecule has 1 unspecified atom stereocenters. The molecule has 48 heavy (non-hydrogen) atoms. The topological polar surface area (TPSA) is 112 Å². The smallest absolute Gasteiger partial charge is 0.411 e. The van der Waals surface area contributed by atoms with Gasteiger partial charge in [-0.2, -0.15) is 0 Å². The molecule has 2 aliphatic rings. The summed E-state index contributed by atoms with van der Waals surface area (Å²) in [5, 5.41) is 13.7. The molecule has 268 valence electrons. The molecule has 1 aliphatic heterocycles. The van der Waals surface area contributed by atoms with Gasteiger partial charge in [-0.25, -0.2) is 13.6 Å². The van der Waals surface area contributed by atoms with Crippen LogP contribution in [-0.4, -0.2) is 68.7 Å². The lowest BCUT2D eigenvalue weighted by molar-refractivity contribution is -0.133. The number of benzene rings is 1. The van der Waals surface area contributed by atoms with Crippen molar-refractivity contribution in [1.29, 1.82) is 0 Å². The monoisotopic (exact) mass is 712 g/mol. The summed E-state index contributed by atoms with van der Waals surface area (Å²) in [5.74, 6) is -4.95. The van der Waals surface area contributed by atoms with Crippen LogP contribution in [0, 0.1) is 0 Å². The van der Waals surface area contributed by atoms with E-state index < -0.39 is 99.3 Å². The molecule has 0 radical (unpaired) electrons. The van der Waals surface area contributed by atoms with Gasteiger partial charge in [0.05, 0.1) is 12.1 Å². The second kappa shape index (κ2) is 11.5. The Balaban J connectivity index is 1.89. The summed E-state index contributed by atoms with van der Waals surface area (Å²) in [4.78, 5) is 45.8. The Hall–Kier alpha value is -3.60. The molecule has 1 aliphatic carbocycles. The molecule has 0 bridgehead atoms. The quantitative estimate of drug-likeness (QED) is 0.289. The van der Waals surface area contributed by atoms with Crippen molar-refractivity contribution in [3.05, 3.63) is 54.4 Å². The van der Waals surface area contributed by atoms with Crippen LogP contribution in [0.3, 0.4) is 0 Å². The van der Waals surface area contributed by atoms with Crippen molar-refractivity contribution in [2.24, 2.45) is 0 Å². The number of pyridine rings is 1. The number of likely N-dealkylation sites (tertiary alicyclic amines) is 1. The minimum atomic E-state index is -10.2. The fourth-order valence-corrected chi connectivity index (χ4v) is 6.58. The van der Waals surface area contributed by atoms with Crippen LogP contribution in [0.15, 0.2) is 53.7 Å². The molecule has 4 rings (SSSR count). The van der Waals surface area contributed by atoms with Gasteiger partial charge in [0.25, 0.3) is 11.8 Å². The van der Waals surface area contributed by atoms with E-state index in [1.54, 1.807) is 20.8 Å². The lowest BCUT2D eigenvalue weighted by Crippen LogP contribution is -2.62. The normalized spacial score (nSPS) is 24.5. The van der Waals surface area contributed by atoms with Crippen LogP contribution in [0.2, 0.25) is 0 Å². The van der Waals surface area contributed by atoms with Crippen LogP contribution >= 0.6 is 10.2 Å². The zero-order chi connectivity index (χ0) is 36.2.